The zero-order valence-corrected chi connectivity index (χ0v) is 22.5. The first-order chi connectivity index (χ1) is 17.4. The monoisotopic (exact) mass is 552 g/mol. The van der Waals surface area contributed by atoms with Crippen LogP contribution in [-0.4, -0.2) is 43.0 Å². The molecule has 3 aromatic carbocycles. The molecular weight excluding hydrogens is 520 g/mol. The smallest absolute Gasteiger partial charge is 0.261 e. The molecule has 2 amide bonds. The molecule has 3 rings (SSSR count). The number of carbonyl (C=O) groups excluding carboxylic acids is 2. The SMILES string of the molecule is COc1ccccc1OCC(=O)N(Cc1cccc(Br)c1)C(Cc1ccccc1)C(=O)NCC(C)C. The molecule has 0 heterocycles. The molecule has 0 saturated carbocycles. The van der Waals surface area contributed by atoms with Crippen molar-refractivity contribution in [1.82, 2.24) is 10.2 Å². The average Bonchev–Trinajstić information content (AvgIpc) is 2.88. The molecular formula is C29H33BrN2O4. The topological polar surface area (TPSA) is 67.9 Å². The molecule has 0 saturated heterocycles. The van der Waals surface area contributed by atoms with E-state index in [1.807, 2.05) is 80.6 Å². The molecule has 1 unspecified atom stereocenters. The number of hydrogen-bond donors (Lipinski definition) is 1. The van der Waals surface area contributed by atoms with E-state index < -0.39 is 6.04 Å². The van der Waals surface area contributed by atoms with Crippen molar-refractivity contribution in [2.75, 3.05) is 20.3 Å². The van der Waals surface area contributed by atoms with Gasteiger partial charge in [0.2, 0.25) is 5.91 Å². The lowest BCUT2D eigenvalue weighted by molar-refractivity contribution is -0.142. The second-order valence-electron chi connectivity index (χ2n) is 8.94. The Bertz CT molecular complexity index is 1140. The molecule has 0 radical (unpaired) electrons. The fourth-order valence-corrected chi connectivity index (χ4v) is 4.22. The van der Waals surface area contributed by atoms with E-state index in [1.54, 1.807) is 24.1 Å². The van der Waals surface area contributed by atoms with Gasteiger partial charge in [0.15, 0.2) is 18.1 Å². The number of benzene rings is 3. The molecule has 7 heteroatoms. The van der Waals surface area contributed by atoms with E-state index in [2.05, 4.69) is 21.2 Å². The molecule has 3 aromatic rings. The number of ether oxygens (including phenoxy) is 2. The maximum atomic E-state index is 13.6. The highest BCUT2D eigenvalue weighted by Crippen LogP contribution is 2.26. The van der Waals surface area contributed by atoms with Crippen LogP contribution < -0.4 is 14.8 Å². The third-order valence-corrected chi connectivity index (χ3v) is 6.11. The molecule has 0 aromatic heterocycles. The predicted octanol–water partition coefficient (Wildman–Crippen LogP) is 5.25. The van der Waals surface area contributed by atoms with Crippen molar-refractivity contribution in [1.29, 1.82) is 0 Å². The average molecular weight is 553 g/mol. The van der Waals surface area contributed by atoms with Crippen molar-refractivity contribution < 1.29 is 19.1 Å². The minimum absolute atomic E-state index is 0.187. The predicted molar refractivity (Wildman–Crippen MR) is 145 cm³/mol. The van der Waals surface area contributed by atoms with Crippen LogP contribution in [-0.2, 0) is 22.6 Å². The molecule has 0 bridgehead atoms. The Hall–Kier alpha value is -3.32. The van der Waals surface area contributed by atoms with Gasteiger partial charge in [-0.15, -0.1) is 0 Å². The van der Waals surface area contributed by atoms with Gasteiger partial charge >= 0.3 is 0 Å². The molecule has 1 N–H and O–H groups in total. The second kappa shape index (κ2) is 13.7. The Balaban J connectivity index is 1.91. The maximum absolute atomic E-state index is 13.6. The summed E-state index contributed by atoms with van der Waals surface area (Å²) in [6, 6.07) is 23.9. The summed E-state index contributed by atoms with van der Waals surface area (Å²) in [6.45, 7) is 4.65. The van der Waals surface area contributed by atoms with Crippen LogP contribution in [0, 0.1) is 5.92 Å². The zero-order valence-electron chi connectivity index (χ0n) is 20.9. The van der Waals surface area contributed by atoms with Gasteiger partial charge in [-0.2, -0.15) is 0 Å². The van der Waals surface area contributed by atoms with Crippen LogP contribution in [0.2, 0.25) is 0 Å². The Morgan fingerprint density at radius 1 is 0.917 bits per heavy atom. The van der Waals surface area contributed by atoms with Gasteiger partial charge in [-0.05, 0) is 41.3 Å². The molecule has 6 nitrogen and oxygen atoms in total. The first kappa shape index (κ1) is 27.3. The minimum Gasteiger partial charge on any atom is -0.493 e. The molecule has 0 aliphatic rings. The third kappa shape index (κ3) is 8.12. The first-order valence-electron chi connectivity index (χ1n) is 12.0. The first-order valence-corrected chi connectivity index (χ1v) is 12.8. The number of hydrogen-bond acceptors (Lipinski definition) is 4. The van der Waals surface area contributed by atoms with Gasteiger partial charge in [0.25, 0.3) is 5.91 Å². The highest BCUT2D eigenvalue weighted by Gasteiger charge is 2.31. The van der Waals surface area contributed by atoms with Gasteiger partial charge in [-0.25, -0.2) is 0 Å². The Morgan fingerprint density at radius 3 is 2.25 bits per heavy atom. The van der Waals surface area contributed by atoms with E-state index in [-0.39, 0.29) is 30.9 Å². The molecule has 0 fully saturated rings. The number of carbonyl (C=O) groups is 2. The van der Waals surface area contributed by atoms with Gasteiger partial charge in [-0.3, -0.25) is 9.59 Å². The summed E-state index contributed by atoms with van der Waals surface area (Å²) >= 11 is 3.51. The van der Waals surface area contributed by atoms with E-state index in [1.165, 1.54) is 0 Å². The van der Waals surface area contributed by atoms with Crippen molar-refractivity contribution in [2.45, 2.75) is 32.9 Å². The summed E-state index contributed by atoms with van der Waals surface area (Å²) < 4.78 is 12.1. The number of nitrogens with one attached hydrogen (secondary N) is 1. The molecule has 0 aliphatic heterocycles. The van der Waals surface area contributed by atoms with Crippen LogP contribution in [0.1, 0.15) is 25.0 Å². The number of rotatable bonds is 12. The van der Waals surface area contributed by atoms with Gasteiger partial charge in [0, 0.05) is 24.0 Å². The van der Waals surface area contributed by atoms with E-state index in [0.29, 0.717) is 24.5 Å². The quantitative estimate of drug-likeness (QED) is 0.333. The highest BCUT2D eigenvalue weighted by molar-refractivity contribution is 9.10. The Labute approximate surface area is 221 Å². The van der Waals surface area contributed by atoms with Gasteiger partial charge in [0.05, 0.1) is 7.11 Å². The summed E-state index contributed by atoms with van der Waals surface area (Å²) in [6.07, 6.45) is 0.388. The van der Waals surface area contributed by atoms with Crippen molar-refractivity contribution >= 4 is 27.7 Å². The molecule has 0 spiro atoms. The van der Waals surface area contributed by atoms with Crippen LogP contribution in [0.15, 0.2) is 83.3 Å². The van der Waals surface area contributed by atoms with E-state index in [9.17, 15) is 9.59 Å². The minimum atomic E-state index is -0.709. The summed E-state index contributed by atoms with van der Waals surface area (Å²) in [5.41, 5.74) is 1.88. The summed E-state index contributed by atoms with van der Waals surface area (Å²) in [5, 5.41) is 3.02. The van der Waals surface area contributed by atoms with Gasteiger partial charge in [-0.1, -0.05) is 84.4 Å². The zero-order chi connectivity index (χ0) is 25.9. The van der Waals surface area contributed by atoms with Crippen molar-refractivity contribution in [2.24, 2.45) is 5.92 Å². The van der Waals surface area contributed by atoms with Crippen LogP contribution in [0.5, 0.6) is 11.5 Å². The largest absolute Gasteiger partial charge is 0.493 e. The summed E-state index contributed by atoms with van der Waals surface area (Å²) in [5.74, 6) is 0.822. The Kier molecular flexibility index (Phi) is 10.4. The van der Waals surface area contributed by atoms with Gasteiger partial charge < -0.3 is 19.7 Å². The normalized spacial score (nSPS) is 11.6. The van der Waals surface area contributed by atoms with Crippen LogP contribution in [0.25, 0.3) is 0 Å². The highest BCUT2D eigenvalue weighted by atomic mass is 79.9. The number of amides is 2. The fourth-order valence-electron chi connectivity index (χ4n) is 3.77. The molecule has 36 heavy (non-hydrogen) atoms. The molecule has 1 atom stereocenters. The van der Waals surface area contributed by atoms with E-state index in [0.717, 1.165) is 15.6 Å². The van der Waals surface area contributed by atoms with Crippen LogP contribution in [0.4, 0.5) is 0 Å². The van der Waals surface area contributed by atoms with E-state index >= 15 is 0 Å². The number of para-hydroxylation sites is 2. The fraction of sp³-hybridized carbons (Fsp3) is 0.310. The number of halogens is 1. The van der Waals surface area contributed by atoms with Gasteiger partial charge in [0.1, 0.15) is 6.04 Å². The van der Waals surface area contributed by atoms with Crippen molar-refractivity contribution in [3.05, 3.63) is 94.5 Å². The Morgan fingerprint density at radius 2 is 1.58 bits per heavy atom. The van der Waals surface area contributed by atoms with Crippen molar-refractivity contribution in [3.63, 3.8) is 0 Å². The summed E-state index contributed by atoms with van der Waals surface area (Å²) in [4.78, 5) is 28.7. The molecule has 0 aliphatic carbocycles. The summed E-state index contributed by atoms with van der Waals surface area (Å²) in [7, 11) is 1.55. The number of nitrogens with zero attached hydrogens (tertiary/aromatic N) is 1. The lowest BCUT2D eigenvalue weighted by Crippen LogP contribution is -2.52. The lowest BCUT2D eigenvalue weighted by Gasteiger charge is -2.32. The van der Waals surface area contributed by atoms with Crippen LogP contribution in [0.3, 0.4) is 0 Å². The van der Waals surface area contributed by atoms with Crippen molar-refractivity contribution in [3.8, 4) is 11.5 Å². The number of methoxy groups -OCH3 is 1. The second-order valence-corrected chi connectivity index (χ2v) is 9.85. The maximum Gasteiger partial charge on any atom is 0.261 e. The van der Waals surface area contributed by atoms with Crippen LogP contribution >= 0.6 is 15.9 Å². The van der Waals surface area contributed by atoms with E-state index in [4.69, 9.17) is 9.47 Å². The third-order valence-electron chi connectivity index (χ3n) is 5.62. The lowest BCUT2D eigenvalue weighted by atomic mass is 10.0. The molecule has 190 valence electrons. The standard InChI is InChI=1S/C29H33BrN2O4/c1-21(2)18-31-29(34)25(17-22-10-5-4-6-11-22)32(19-23-12-9-13-24(30)16-23)28(33)20-36-27-15-8-7-14-26(27)35-3/h4-16,21,25H,17-20H2,1-3H3,(H,31,34).